The second-order valence-electron chi connectivity index (χ2n) is 8.33. The van der Waals surface area contributed by atoms with Crippen LogP contribution in [0.3, 0.4) is 0 Å². The molecule has 0 aromatic heterocycles. The van der Waals surface area contributed by atoms with Crippen molar-refractivity contribution >= 4 is 35.0 Å². The van der Waals surface area contributed by atoms with Crippen molar-refractivity contribution in [3.05, 3.63) is 58.4 Å². The molecule has 2 rings (SSSR count). The van der Waals surface area contributed by atoms with E-state index in [1.54, 1.807) is 30.0 Å². The maximum atomic E-state index is 13.4. The molecule has 0 aliphatic heterocycles. The fourth-order valence-electron chi connectivity index (χ4n) is 3.49. The predicted octanol–water partition coefficient (Wildman–Crippen LogP) is 8.20. The first-order chi connectivity index (χ1) is 14.5. The molecular formula is C24H29ClF3NOS. The van der Waals surface area contributed by atoms with Crippen LogP contribution >= 0.6 is 23.4 Å². The third kappa shape index (κ3) is 6.91. The molecule has 0 radical (unpaired) electrons. The predicted molar refractivity (Wildman–Crippen MR) is 123 cm³/mol. The SMILES string of the molecule is CCC(C)CC(C(C)C)C(C)Sc1cc(C(=O)Nc2cc(F)c(F)c(F)c2)ccc1Cl. The number of rotatable bonds is 9. The first-order valence-corrected chi connectivity index (χ1v) is 11.7. The minimum atomic E-state index is -1.57. The van der Waals surface area contributed by atoms with E-state index >= 15 is 0 Å². The summed E-state index contributed by atoms with van der Waals surface area (Å²) in [6.07, 6.45) is 2.24. The minimum Gasteiger partial charge on any atom is -0.322 e. The van der Waals surface area contributed by atoms with E-state index in [9.17, 15) is 18.0 Å². The normalized spacial score (nSPS) is 14.4. The number of hydrogen-bond acceptors (Lipinski definition) is 2. The number of thioether (sulfide) groups is 1. The summed E-state index contributed by atoms with van der Waals surface area (Å²) in [7, 11) is 0. The maximum Gasteiger partial charge on any atom is 0.255 e. The van der Waals surface area contributed by atoms with E-state index in [1.807, 2.05) is 0 Å². The van der Waals surface area contributed by atoms with Gasteiger partial charge in [0.2, 0.25) is 0 Å². The Balaban J connectivity index is 2.19. The zero-order valence-electron chi connectivity index (χ0n) is 18.4. The van der Waals surface area contributed by atoms with E-state index in [-0.39, 0.29) is 10.9 Å². The number of nitrogens with one attached hydrogen (secondary N) is 1. The molecule has 3 unspecified atom stereocenters. The van der Waals surface area contributed by atoms with Gasteiger partial charge >= 0.3 is 0 Å². The molecule has 0 bridgehead atoms. The summed E-state index contributed by atoms with van der Waals surface area (Å²) >= 11 is 8.01. The van der Waals surface area contributed by atoms with Crippen LogP contribution in [0.25, 0.3) is 0 Å². The summed E-state index contributed by atoms with van der Waals surface area (Å²) in [5.41, 5.74) is 0.139. The average Bonchev–Trinajstić information content (AvgIpc) is 2.71. The molecule has 0 aliphatic carbocycles. The van der Waals surface area contributed by atoms with Gasteiger partial charge in [0.25, 0.3) is 5.91 Å². The Hall–Kier alpha value is -1.66. The summed E-state index contributed by atoms with van der Waals surface area (Å²) in [5, 5.41) is 3.23. The fraction of sp³-hybridized carbons (Fsp3) is 0.458. The van der Waals surface area contributed by atoms with E-state index in [0.29, 0.717) is 28.3 Å². The quantitative estimate of drug-likeness (QED) is 0.295. The highest BCUT2D eigenvalue weighted by molar-refractivity contribution is 8.00. The Kier molecular flexibility index (Phi) is 9.31. The molecule has 2 nitrogen and oxygen atoms in total. The van der Waals surface area contributed by atoms with E-state index < -0.39 is 23.4 Å². The van der Waals surface area contributed by atoms with Crippen LogP contribution in [0.4, 0.5) is 18.9 Å². The first-order valence-electron chi connectivity index (χ1n) is 10.5. The molecule has 31 heavy (non-hydrogen) atoms. The highest BCUT2D eigenvalue weighted by Gasteiger charge is 2.24. The standard InChI is InChI=1S/C24H29ClF3NOS/c1-6-14(4)9-18(13(2)3)15(5)31-22-10-16(7-8-19(22)25)24(30)29-17-11-20(26)23(28)21(27)12-17/h7-8,10-15,18H,6,9H2,1-5H3,(H,29,30). The lowest BCUT2D eigenvalue weighted by Crippen LogP contribution is -2.22. The van der Waals surface area contributed by atoms with Crippen molar-refractivity contribution in [3.63, 3.8) is 0 Å². The van der Waals surface area contributed by atoms with E-state index in [4.69, 9.17) is 11.6 Å². The van der Waals surface area contributed by atoms with Crippen LogP contribution in [0.15, 0.2) is 35.2 Å². The number of benzene rings is 2. The lowest BCUT2D eigenvalue weighted by Gasteiger charge is -2.29. The monoisotopic (exact) mass is 471 g/mol. The molecule has 170 valence electrons. The Bertz CT molecular complexity index is 899. The van der Waals surface area contributed by atoms with Gasteiger partial charge in [0.15, 0.2) is 17.5 Å². The van der Waals surface area contributed by atoms with Gasteiger partial charge in [0, 0.05) is 33.5 Å². The van der Waals surface area contributed by atoms with Crippen LogP contribution in [0.5, 0.6) is 0 Å². The molecular weight excluding hydrogens is 443 g/mol. The number of hydrogen-bond donors (Lipinski definition) is 1. The van der Waals surface area contributed by atoms with Crippen LogP contribution in [0.1, 0.15) is 57.8 Å². The van der Waals surface area contributed by atoms with Crippen molar-refractivity contribution in [1.29, 1.82) is 0 Å². The number of carbonyl (C=O) groups is 1. The number of carbonyl (C=O) groups excluding carboxylic acids is 1. The third-order valence-electron chi connectivity index (χ3n) is 5.58. The van der Waals surface area contributed by atoms with Crippen molar-refractivity contribution in [2.45, 2.75) is 57.6 Å². The summed E-state index contributed by atoms with van der Waals surface area (Å²) in [6, 6.07) is 6.34. The number of halogens is 4. The smallest absolute Gasteiger partial charge is 0.255 e. The Morgan fingerprint density at radius 2 is 1.68 bits per heavy atom. The van der Waals surface area contributed by atoms with Crippen molar-refractivity contribution in [2.24, 2.45) is 17.8 Å². The fourth-order valence-corrected chi connectivity index (χ4v) is 5.12. The van der Waals surface area contributed by atoms with Gasteiger partial charge < -0.3 is 5.32 Å². The summed E-state index contributed by atoms with van der Waals surface area (Å²) in [4.78, 5) is 13.4. The molecule has 0 fully saturated rings. The largest absolute Gasteiger partial charge is 0.322 e. The van der Waals surface area contributed by atoms with Crippen LogP contribution < -0.4 is 5.32 Å². The Morgan fingerprint density at radius 3 is 2.23 bits per heavy atom. The lowest BCUT2D eigenvalue weighted by molar-refractivity contribution is 0.102. The summed E-state index contributed by atoms with van der Waals surface area (Å²) in [5.74, 6) is -3.25. The molecule has 0 heterocycles. The van der Waals surface area contributed by atoms with E-state index in [2.05, 4.69) is 39.9 Å². The molecule has 2 aromatic carbocycles. The molecule has 1 amide bonds. The van der Waals surface area contributed by atoms with Gasteiger partial charge in [-0.1, -0.05) is 52.6 Å². The molecule has 0 saturated heterocycles. The van der Waals surface area contributed by atoms with Crippen LogP contribution in [0.2, 0.25) is 5.02 Å². The molecule has 1 N–H and O–H groups in total. The molecule has 3 atom stereocenters. The highest BCUT2D eigenvalue weighted by atomic mass is 35.5. The number of amides is 1. The van der Waals surface area contributed by atoms with Crippen LogP contribution in [0, 0.1) is 35.2 Å². The molecule has 2 aromatic rings. The number of anilines is 1. The zero-order valence-corrected chi connectivity index (χ0v) is 20.0. The van der Waals surface area contributed by atoms with Gasteiger partial charge in [-0.05, 0) is 42.4 Å². The van der Waals surface area contributed by atoms with E-state index in [0.717, 1.165) is 29.9 Å². The third-order valence-corrected chi connectivity index (χ3v) is 7.33. The van der Waals surface area contributed by atoms with Gasteiger partial charge in [0.1, 0.15) is 0 Å². The van der Waals surface area contributed by atoms with Gasteiger partial charge in [-0.3, -0.25) is 4.79 Å². The molecule has 7 heteroatoms. The highest BCUT2D eigenvalue weighted by Crippen LogP contribution is 2.39. The molecule has 0 aliphatic rings. The minimum absolute atomic E-state index is 0.160. The van der Waals surface area contributed by atoms with Gasteiger partial charge in [-0.2, -0.15) is 0 Å². The molecule has 0 spiro atoms. The van der Waals surface area contributed by atoms with Crippen molar-refractivity contribution < 1.29 is 18.0 Å². The van der Waals surface area contributed by atoms with Crippen molar-refractivity contribution in [3.8, 4) is 0 Å². The van der Waals surface area contributed by atoms with Crippen molar-refractivity contribution in [1.82, 2.24) is 0 Å². The Morgan fingerprint density at radius 1 is 1.06 bits per heavy atom. The summed E-state index contributed by atoms with van der Waals surface area (Å²) in [6.45, 7) is 11.1. The van der Waals surface area contributed by atoms with E-state index in [1.165, 1.54) is 0 Å². The van der Waals surface area contributed by atoms with Gasteiger partial charge in [0.05, 0.1) is 5.02 Å². The van der Waals surface area contributed by atoms with Crippen LogP contribution in [-0.4, -0.2) is 11.2 Å². The maximum absolute atomic E-state index is 13.4. The zero-order chi connectivity index (χ0) is 23.3. The first kappa shape index (κ1) is 25.6. The van der Waals surface area contributed by atoms with Gasteiger partial charge in [-0.15, -0.1) is 11.8 Å². The van der Waals surface area contributed by atoms with Gasteiger partial charge in [-0.25, -0.2) is 13.2 Å². The Labute approximate surface area is 192 Å². The lowest BCUT2D eigenvalue weighted by atomic mass is 9.84. The average molecular weight is 472 g/mol. The topological polar surface area (TPSA) is 29.1 Å². The summed E-state index contributed by atoms with van der Waals surface area (Å²) < 4.78 is 40.0. The second kappa shape index (κ2) is 11.3. The molecule has 0 saturated carbocycles. The second-order valence-corrected chi connectivity index (χ2v) is 10.2. The van der Waals surface area contributed by atoms with Crippen LogP contribution in [-0.2, 0) is 0 Å². The van der Waals surface area contributed by atoms with Crippen molar-refractivity contribution in [2.75, 3.05) is 5.32 Å².